The monoisotopic (exact) mass is 486 g/mol. The number of fused-ring (bicyclic) bond motifs is 2. The van der Waals surface area contributed by atoms with E-state index in [2.05, 4.69) is 10.5 Å². The molecule has 5 atom stereocenters. The summed E-state index contributed by atoms with van der Waals surface area (Å²) < 4.78 is 0. The van der Waals surface area contributed by atoms with Gasteiger partial charge in [0.25, 0.3) is 5.91 Å². The van der Waals surface area contributed by atoms with Crippen LogP contribution in [0.2, 0.25) is 0 Å². The lowest BCUT2D eigenvalue weighted by molar-refractivity contribution is -0.127. The number of likely N-dealkylation sites (tertiary alicyclic amines) is 1. The maximum absolute atomic E-state index is 13.5. The van der Waals surface area contributed by atoms with E-state index in [1.807, 2.05) is 55.5 Å². The van der Waals surface area contributed by atoms with Crippen molar-refractivity contribution in [3.8, 4) is 11.1 Å². The van der Waals surface area contributed by atoms with E-state index in [9.17, 15) is 14.4 Å². The predicted octanol–water partition coefficient (Wildman–Crippen LogP) is 2.67. The third kappa shape index (κ3) is 4.27. The first-order chi connectivity index (χ1) is 17.4. The number of benzene rings is 2. The van der Waals surface area contributed by atoms with Crippen molar-refractivity contribution in [2.45, 2.75) is 31.8 Å². The van der Waals surface area contributed by atoms with Gasteiger partial charge in [-0.25, -0.2) is 0 Å². The van der Waals surface area contributed by atoms with E-state index in [0.717, 1.165) is 23.1 Å². The number of oxime groups is 1. The van der Waals surface area contributed by atoms with Crippen molar-refractivity contribution in [3.05, 3.63) is 71.8 Å². The number of allylic oxidation sites excluding steroid dienone is 1. The second kappa shape index (κ2) is 9.60. The zero-order valence-corrected chi connectivity index (χ0v) is 20.4. The first kappa shape index (κ1) is 23.8. The van der Waals surface area contributed by atoms with Crippen molar-refractivity contribution in [2.75, 3.05) is 13.7 Å². The smallest absolute Gasteiger partial charge is 0.254 e. The molecule has 0 aromatic heterocycles. The van der Waals surface area contributed by atoms with Gasteiger partial charge in [0, 0.05) is 18.0 Å². The molecule has 2 bridgehead atoms. The Labute approximate surface area is 210 Å². The molecule has 0 radical (unpaired) electrons. The fourth-order valence-corrected chi connectivity index (χ4v) is 5.87. The zero-order chi connectivity index (χ0) is 25.4. The van der Waals surface area contributed by atoms with E-state index in [4.69, 9.17) is 10.6 Å². The highest BCUT2D eigenvalue weighted by Gasteiger charge is 2.49. The van der Waals surface area contributed by atoms with Gasteiger partial charge < -0.3 is 20.8 Å². The van der Waals surface area contributed by atoms with Gasteiger partial charge in [-0.05, 0) is 54.0 Å². The van der Waals surface area contributed by atoms with Crippen molar-refractivity contribution in [2.24, 2.45) is 28.6 Å². The van der Waals surface area contributed by atoms with Crippen LogP contribution in [0.3, 0.4) is 0 Å². The Balaban J connectivity index is 1.36. The van der Waals surface area contributed by atoms with Crippen LogP contribution in [0.15, 0.2) is 65.8 Å². The maximum Gasteiger partial charge on any atom is 0.254 e. The Morgan fingerprint density at radius 1 is 1.06 bits per heavy atom. The van der Waals surface area contributed by atoms with Crippen LogP contribution in [0.5, 0.6) is 0 Å². The molecule has 1 aliphatic heterocycles. The molecule has 2 aromatic rings. The van der Waals surface area contributed by atoms with E-state index in [1.165, 1.54) is 12.0 Å². The number of nitrogens with zero attached hydrogens (tertiary/aromatic N) is 2. The lowest BCUT2D eigenvalue weighted by atomic mass is 9.88. The predicted molar refractivity (Wildman–Crippen MR) is 136 cm³/mol. The molecule has 0 unspecified atom stereocenters. The fourth-order valence-electron chi connectivity index (χ4n) is 5.87. The van der Waals surface area contributed by atoms with Crippen molar-refractivity contribution >= 4 is 23.4 Å². The first-order valence-electron chi connectivity index (χ1n) is 12.2. The quantitative estimate of drug-likeness (QED) is 0.483. The molecule has 8 nitrogen and oxygen atoms in total. The third-order valence-electron chi connectivity index (χ3n) is 7.63. The minimum atomic E-state index is -0.751. The van der Waals surface area contributed by atoms with Gasteiger partial charge in [-0.15, -0.1) is 0 Å². The largest absolute Gasteiger partial charge is 0.399 e. The lowest BCUT2D eigenvalue weighted by Crippen LogP contribution is -2.53. The molecule has 3 N–H and O–H groups in total. The summed E-state index contributed by atoms with van der Waals surface area (Å²) in [5, 5.41) is 7.06. The Hall–Kier alpha value is -3.94. The molecule has 3 amide bonds. The Kier molecular flexibility index (Phi) is 6.35. The number of aryl methyl sites for hydroxylation is 1. The minimum Gasteiger partial charge on any atom is -0.399 e. The molecule has 1 saturated heterocycles. The molecule has 36 heavy (non-hydrogen) atoms. The molecule has 8 heteroatoms. The van der Waals surface area contributed by atoms with Crippen molar-refractivity contribution in [1.29, 1.82) is 0 Å². The number of nitrogens with one attached hydrogen (secondary N) is 1. The van der Waals surface area contributed by atoms with Crippen molar-refractivity contribution < 1.29 is 19.2 Å². The van der Waals surface area contributed by atoms with Gasteiger partial charge in [-0.1, -0.05) is 53.7 Å². The normalized spacial score (nSPS) is 27.4. The number of primary amides is 1. The third-order valence-corrected chi connectivity index (χ3v) is 7.63. The summed E-state index contributed by atoms with van der Waals surface area (Å²) in [5.74, 6) is -1.28. The first-order valence-corrected chi connectivity index (χ1v) is 12.2. The Morgan fingerprint density at radius 2 is 1.78 bits per heavy atom. The summed E-state index contributed by atoms with van der Waals surface area (Å²) in [6.45, 7) is 2.24. The second-order valence-electron chi connectivity index (χ2n) is 9.80. The molecule has 1 saturated carbocycles. The standard InChI is InChI=1S/C28H30N4O4/c1-16-5-3-4-6-22(16)17-7-9-18(10-8-17)28(35)32-15-21(31-36-2)14-23(32)27(34)30-25-20-12-11-19(13-20)24(25)26(29)33/h3-12,19-20,23-25H,13-15H2,1-2H3,(H2,29,33)(H,30,34)/t19-,20+,23-,24+,25-/m0/s1. The van der Waals surface area contributed by atoms with Gasteiger partial charge in [0.05, 0.1) is 18.2 Å². The number of hydrogen-bond donors (Lipinski definition) is 2. The molecule has 1 heterocycles. The minimum absolute atomic E-state index is 0.0523. The van der Waals surface area contributed by atoms with Gasteiger partial charge in [0.15, 0.2) is 0 Å². The van der Waals surface area contributed by atoms with Crippen LogP contribution in [0.1, 0.15) is 28.8 Å². The van der Waals surface area contributed by atoms with Crippen LogP contribution in [0.4, 0.5) is 0 Å². The van der Waals surface area contributed by atoms with Crippen LogP contribution in [0.25, 0.3) is 11.1 Å². The molecule has 3 aliphatic rings. The summed E-state index contributed by atoms with van der Waals surface area (Å²) in [6.07, 6.45) is 5.12. The molecular formula is C28H30N4O4. The number of rotatable bonds is 6. The van der Waals surface area contributed by atoms with Crippen LogP contribution < -0.4 is 11.1 Å². The van der Waals surface area contributed by atoms with Gasteiger partial charge in [0.2, 0.25) is 11.8 Å². The number of hydrogen-bond acceptors (Lipinski definition) is 5. The fraction of sp³-hybridized carbons (Fsp3) is 0.357. The van der Waals surface area contributed by atoms with Gasteiger partial charge in [-0.2, -0.15) is 0 Å². The molecule has 0 spiro atoms. The van der Waals surface area contributed by atoms with E-state index in [1.54, 1.807) is 12.1 Å². The number of nitrogens with two attached hydrogens (primary N) is 1. The molecule has 5 rings (SSSR count). The highest BCUT2D eigenvalue weighted by Crippen LogP contribution is 2.43. The van der Waals surface area contributed by atoms with Crippen LogP contribution in [0, 0.1) is 24.7 Å². The second-order valence-corrected chi connectivity index (χ2v) is 9.80. The lowest BCUT2D eigenvalue weighted by Gasteiger charge is -2.30. The molecule has 2 fully saturated rings. The molecular weight excluding hydrogens is 456 g/mol. The average molecular weight is 487 g/mol. The highest BCUT2D eigenvalue weighted by atomic mass is 16.6. The van der Waals surface area contributed by atoms with Crippen LogP contribution >= 0.6 is 0 Å². The van der Waals surface area contributed by atoms with E-state index in [0.29, 0.717) is 11.3 Å². The zero-order valence-electron chi connectivity index (χ0n) is 20.4. The van der Waals surface area contributed by atoms with Crippen molar-refractivity contribution in [3.63, 3.8) is 0 Å². The van der Waals surface area contributed by atoms with E-state index >= 15 is 0 Å². The van der Waals surface area contributed by atoms with Gasteiger partial charge in [0.1, 0.15) is 13.2 Å². The van der Waals surface area contributed by atoms with Gasteiger partial charge >= 0.3 is 0 Å². The van der Waals surface area contributed by atoms with E-state index < -0.39 is 17.9 Å². The number of carbonyl (C=O) groups excluding carboxylic acids is 3. The molecule has 186 valence electrons. The van der Waals surface area contributed by atoms with Crippen LogP contribution in [-0.2, 0) is 14.4 Å². The average Bonchev–Trinajstić information content (AvgIpc) is 3.59. The highest BCUT2D eigenvalue weighted by molar-refractivity contribution is 6.05. The number of amides is 3. The summed E-state index contributed by atoms with van der Waals surface area (Å²) in [5.41, 5.74) is 10.0. The maximum atomic E-state index is 13.5. The van der Waals surface area contributed by atoms with Crippen molar-refractivity contribution in [1.82, 2.24) is 10.2 Å². The summed E-state index contributed by atoms with van der Waals surface area (Å²) >= 11 is 0. The topological polar surface area (TPSA) is 114 Å². The SMILES string of the molecule is CON=C1C[C@@H](C(=O)N[C@@H]2[C@H](C(N)=O)[C@H]3C=C[C@@H]2C3)N(C(=O)c2ccc(-c3ccccc3C)cc2)C1. The summed E-state index contributed by atoms with van der Waals surface area (Å²) in [7, 11) is 1.44. The summed E-state index contributed by atoms with van der Waals surface area (Å²) in [6, 6.07) is 14.4. The summed E-state index contributed by atoms with van der Waals surface area (Å²) in [4.78, 5) is 45.5. The van der Waals surface area contributed by atoms with Crippen LogP contribution in [-0.4, -0.2) is 54.1 Å². The molecule has 2 aromatic carbocycles. The Morgan fingerprint density at radius 3 is 2.47 bits per heavy atom. The van der Waals surface area contributed by atoms with E-state index in [-0.39, 0.29) is 42.7 Å². The molecule has 2 aliphatic carbocycles. The Bertz CT molecular complexity index is 1250. The van der Waals surface area contributed by atoms with Gasteiger partial charge in [-0.3, -0.25) is 14.4 Å². The number of carbonyl (C=O) groups is 3.